The number of likely N-dealkylation sites (tertiary alicyclic amines) is 1. The minimum atomic E-state index is -0.492. The number of amides is 1. The molecule has 0 saturated carbocycles. The average molecular weight is 364 g/mol. The molecule has 1 aromatic heterocycles. The molecule has 0 aliphatic carbocycles. The first-order chi connectivity index (χ1) is 12.9. The molecule has 1 unspecified atom stereocenters. The zero-order valence-corrected chi connectivity index (χ0v) is 15.9. The van der Waals surface area contributed by atoms with Gasteiger partial charge < -0.3 is 14.4 Å². The molecule has 0 N–H and O–H groups in total. The van der Waals surface area contributed by atoms with Crippen molar-refractivity contribution >= 4 is 6.09 Å². The van der Waals surface area contributed by atoms with Crippen molar-refractivity contribution in [1.82, 2.24) is 9.88 Å². The van der Waals surface area contributed by atoms with Crippen molar-refractivity contribution in [2.24, 2.45) is 0 Å². The van der Waals surface area contributed by atoms with E-state index in [0.29, 0.717) is 18.9 Å². The van der Waals surface area contributed by atoms with Crippen LogP contribution in [0.1, 0.15) is 38.3 Å². The van der Waals surface area contributed by atoms with Crippen molar-refractivity contribution in [3.8, 4) is 17.6 Å². The van der Waals surface area contributed by atoms with Crippen molar-refractivity contribution in [1.29, 1.82) is 0 Å². The second kappa shape index (κ2) is 8.13. The monoisotopic (exact) mass is 364 g/mol. The molecule has 1 saturated heterocycles. The lowest BCUT2D eigenvalue weighted by Crippen LogP contribution is -2.55. The van der Waals surface area contributed by atoms with E-state index in [1.54, 1.807) is 17.3 Å². The van der Waals surface area contributed by atoms with E-state index in [1.165, 1.54) is 0 Å². The van der Waals surface area contributed by atoms with E-state index in [-0.39, 0.29) is 12.1 Å². The summed E-state index contributed by atoms with van der Waals surface area (Å²) in [5.41, 5.74) is 1.24. The number of hydrogen-bond donors (Lipinski definition) is 0. The topological polar surface area (TPSA) is 51.7 Å². The summed E-state index contributed by atoms with van der Waals surface area (Å²) in [6.07, 6.45) is 3.98. The average Bonchev–Trinajstić information content (AvgIpc) is 2.59. The molecular weight excluding hydrogens is 340 g/mol. The molecule has 0 bridgehead atoms. The summed E-state index contributed by atoms with van der Waals surface area (Å²) in [5.74, 6) is 6.84. The van der Waals surface area contributed by atoms with Crippen LogP contribution in [0.5, 0.6) is 5.75 Å². The molecule has 140 valence electrons. The van der Waals surface area contributed by atoms with Gasteiger partial charge in [-0.2, -0.15) is 0 Å². The Labute approximate surface area is 160 Å². The Hall–Kier alpha value is -3.00. The van der Waals surface area contributed by atoms with E-state index in [1.807, 2.05) is 57.2 Å². The molecule has 5 heteroatoms. The second-order valence-corrected chi connectivity index (χ2v) is 7.45. The standard InChI is InChI=1S/C22H24N2O3/c1-22(2,3)27-21(25)24-12-11-19(24)16-26-20-13-18(14-23-15-20)10-9-17-7-5-4-6-8-17/h4-8,13-15,19H,11-12,16H2,1-3H3. The maximum absolute atomic E-state index is 12.2. The number of hydrogen-bond acceptors (Lipinski definition) is 4. The van der Waals surface area contributed by atoms with E-state index in [2.05, 4.69) is 16.8 Å². The van der Waals surface area contributed by atoms with E-state index in [9.17, 15) is 4.79 Å². The third-order valence-corrected chi connectivity index (χ3v) is 4.05. The molecule has 1 atom stereocenters. The van der Waals surface area contributed by atoms with E-state index < -0.39 is 5.60 Å². The second-order valence-electron chi connectivity index (χ2n) is 7.45. The first kappa shape index (κ1) is 18.8. The lowest BCUT2D eigenvalue weighted by Gasteiger charge is -2.40. The van der Waals surface area contributed by atoms with Crippen LogP contribution in [0, 0.1) is 11.8 Å². The fourth-order valence-electron chi connectivity index (χ4n) is 2.60. The van der Waals surface area contributed by atoms with Crippen molar-refractivity contribution < 1.29 is 14.3 Å². The number of aromatic nitrogens is 1. The summed E-state index contributed by atoms with van der Waals surface area (Å²) in [7, 11) is 0. The molecule has 3 rings (SSSR count). The Balaban J connectivity index is 1.56. The Morgan fingerprint density at radius 2 is 1.93 bits per heavy atom. The Morgan fingerprint density at radius 1 is 1.19 bits per heavy atom. The Kier molecular flexibility index (Phi) is 5.66. The summed E-state index contributed by atoms with van der Waals surface area (Å²) in [6.45, 7) is 6.71. The molecule has 1 aromatic carbocycles. The summed E-state index contributed by atoms with van der Waals surface area (Å²) in [5, 5.41) is 0. The zero-order chi connectivity index (χ0) is 19.3. The predicted octanol–water partition coefficient (Wildman–Crippen LogP) is 3.87. The van der Waals surface area contributed by atoms with Gasteiger partial charge in [-0.05, 0) is 45.4 Å². The molecule has 5 nitrogen and oxygen atoms in total. The van der Waals surface area contributed by atoms with E-state index >= 15 is 0 Å². The van der Waals surface area contributed by atoms with Crippen molar-refractivity contribution in [2.75, 3.05) is 13.2 Å². The first-order valence-electron chi connectivity index (χ1n) is 9.05. The maximum atomic E-state index is 12.2. The minimum absolute atomic E-state index is 0.0268. The van der Waals surface area contributed by atoms with Crippen LogP contribution >= 0.6 is 0 Å². The van der Waals surface area contributed by atoms with Crippen molar-refractivity contribution in [2.45, 2.75) is 38.8 Å². The van der Waals surface area contributed by atoms with Crippen LogP contribution in [0.3, 0.4) is 0 Å². The Morgan fingerprint density at radius 3 is 2.59 bits per heavy atom. The number of carbonyl (C=O) groups excluding carboxylic acids is 1. The molecular formula is C22H24N2O3. The number of carbonyl (C=O) groups is 1. The van der Waals surface area contributed by atoms with E-state index in [0.717, 1.165) is 17.5 Å². The molecule has 0 spiro atoms. The summed E-state index contributed by atoms with van der Waals surface area (Å²) in [6, 6.07) is 11.7. The molecule has 2 heterocycles. The highest BCUT2D eigenvalue weighted by Crippen LogP contribution is 2.22. The summed E-state index contributed by atoms with van der Waals surface area (Å²) >= 11 is 0. The smallest absolute Gasteiger partial charge is 0.410 e. The number of rotatable bonds is 3. The van der Waals surface area contributed by atoms with Gasteiger partial charge in [-0.1, -0.05) is 30.0 Å². The van der Waals surface area contributed by atoms with Gasteiger partial charge in [0.1, 0.15) is 18.0 Å². The van der Waals surface area contributed by atoms with Gasteiger partial charge in [-0.3, -0.25) is 4.98 Å². The van der Waals surface area contributed by atoms with Crippen LogP contribution < -0.4 is 4.74 Å². The normalized spacial score (nSPS) is 16.0. The van der Waals surface area contributed by atoms with Crippen LogP contribution in [-0.2, 0) is 4.74 Å². The minimum Gasteiger partial charge on any atom is -0.490 e. The van der Waals surface area contributed by atoms with Gasteiger partial charge in [0, 0.05) is 23.9 Å². The molecule has 2 aromatic rings. The number of pyridine rings is 1. The van der Waals surface area contributed by atoms with Crippen LogP contribution in [0.4, 0.5) is 4.79 Å². The SMILES string of the molecule is CC(C)(C)OC(=O)N1CCC1COc1cncc(C#Cc2ccccc2)c1. The van der Waals surface area contributed by atoms with Crippen molar-refractivity contribution in [3.63, 3.8) is 0 Å². The highest BCUT2D eigenvalue weighted by Gasteiger charge is 2.35. The number of nitrogens with zero attached hydrogens (tertiary/aromatic N) is 2. The van der Waals surface area contributed by atoms with Gasteiger partial charge in [-0.15, -0.1) is 0 Å². The quantitative estimate of drug-likeness (QED) is 0.776. The zero-order valence-electron chi connectivity index (χ0n) is 15.9. The third-order valence-electron chi connectivity index (χ3n) is 4.05. The fourth-order valence-corrected chi connectivity index (χ4v) is 2.60. The van der Waals surface area contributed by atoms with Crippen LogP contribution in [0.25, 0.3) is 0 Å². The van der Waals surface area contributed by atoms with Crippen LogP contribution in [-0.4, -0.2) is 40.8 Å². The molecule has 1 amide bonds. The maximum Gasteiger partial charge on any atom is 0.410 e. The van der Waals surface area contributed by atoms with Crippen molar-refractivity contribution in [3.05, 3.63) is 59.9 Å². The molecule has 1 aliphatic heterocycles. The van der Waals surface area contributed by atoms with Gasteiger partial charge in [0.25, 0.3) is 0 Å². The largest absolute Gasteiger partial charge is 0.490 e. The predicted molar refractivity (Wildman–Crippen MR) is 103 cm³/mol. The van der Waals surface area contributed by atoms with Crippen LogP contribution in [0.2, 0.25) is 0 Å². The molecule has 1 fully saturated rings. The summed E-state index contributed by atoms with van der Waals surface area (Å²) in [4.78, 5) is 18.0. The fraction of sp³-hybridized carbons (Fsp3) is 0.364. The number of benzene rings is 1. The lowest BCUT2D eigenvalue weighted by atomic mass is 10.1. The third kappa shape index (κ3) is 5.49. The van der Waals surface area contributed by atoms with Gasteiger partial charge >= 0.3 is 6.09 Å². The highest BCUT2D eigenvalue weighted by atomic mass is 16.6. The summed E-state index contributed by atoms with van der Waals surface area (Å²) < 4.78 is 11.3. The highest BCUT2D eigenvalue weighted by molar-refractivity contribution is 5.69. The van der Waals surface area contributed by atoms with E-state index in [4.69, 9.17) is 9.47 Å². The molecule has 1 aliphatic rings. The molecule has 0 radical (unpaired) electrons. The Bertz CT molecular complexity index is 847. The number of ether oxygens (including phenoxy) is 2. The molecule has 27 heavy (non-hydrogen) atoms. The van der Waals surface area contributed by atoms with Gasteiger partial charge in [0.15, 0.2) is 0 Å². The first-order valence-corrected chi connectivity index (χ1v) is 9.05. The lowest BCUT2D eigenvalue weighted by molar-refractivity contribution is -0.0141. The van der Waals surface area contributed by atoms with Gasteiger partial charge in [-0.25, -0.2) is 4.79 Å². The van der Waals surface area contributed by atoms with Gasteiger partial charge in [0.2, 0.25) is 0 Å². The van der Waals surface area contributed by atoms with Crippen LogP contribution in [0.15, 0.2) is 48.8 Å². The van der Waals surface area contributed by atoms with Gasteiger partial charge in [0.05, 0.1) is 12.2 Å².